The maximum absolute atomic E-state index is 13.0. The Bertz CT molecular complexity index is 969. The van der Waals surface area contributed by atoms with Crippen LogP contribution in [0.25, 0.3) is 11.5 Å². The van der Waals surface area contributed by atoms with Gasteiger partial charge in [0.25, 0.3) is 5.91 Å². The van der Waals surface area contributed by atoms with Crippen molar-refractivity contribution < 1.29 is 27.1 Å². The highest BCUT2D eigenvalue weighted by molar-refractivity contribution is 5.92. The van der Waals surface area contributed by atoms with E-state index < -0.39 is 24.3 Å². The molecule has 0 fully saturated rings. The molecule has 152 valence electrons. The zero-order valence-corrected chi connectivity index (χ0v) is 15.5. The number of carbonyl (C=O) groups excluding carboxylic acids is 1. The number of ether oxygens (including phenoxy) is 1. The molecule has 3 rings (SSSR count). The van der Waals surface area contributed by atoms with E-state index >= 15 is 0 Å². The van der Waals surface area contributed by atoms with Gasteiger partial charge in [-0.25, -0.2) is 0 Å². The highest BCUT2D eigenvalue weighted by Gasteiger charge is 2.33. The monoisotopic (exact) mass is 405 g/mol. The van der Waals surface area contributed by atoms with Crippen LogP contribution in [-0.4, -0.2) is 22.7 Å². The highest BCUT2D eigenvalue weighted by atomic mass is 19.4. The summed E-state index contributed by atoms with van der Waals surface area (Å²) in [7, 11) is 0. The first-order chi connectivity index (χ1) is 13.9. The Labute approximate surface area is 164 Å². The van der Waals surface area contributed by atoms with Crippen LogP contribution in [0.3, 0.4) is 0 Å². The van der Waals surface area contributed by atoms with Gasteiger partial charge in [0.15, 0.2) is 6.61 Å². The lowest BCUT2D eigenvalue weighted by Crippen LogP contribution is -2.22. The largest absolute Gasteiger partial charge is 0.484 e. The molecule has 6 nitrogen and oxygen atoms in total. The van der Waals surface area contributed by atoms with Crippen molar-refractivity contribution in [2.24, 2.45) is 0 Å². The van der Waals surface area contributed by atoms with E-state index in [0.717, 1.165) is 12.5 Å². The van der Waals surface area contributed by atoms with Crippen LogP contribution >= 0.6 is 0 Å². The normalized spacial score (nSPS) is 11.3. The number of hydrogen-bond acceptors (Lipinski definition) is 5. The molecule has 29 heavy (non-hydrogen) atoms. The number of hydrogen-bond donors (Lipinski definition) is 1. The molecule has 3 aromatic rings. The first-order valence-electron chi connectivity index (χ1n) is 8.88. The molecule has 2 aromatic carbocycles. The third-order valence-corrected chi connectivity index (χ3v) is 3.91. The predicted octanol–water partition coefficient (Wildman–Crippen LogP) is 4.73. The third kappa shape index (κ3) is 5.34. The number of anilines is 1. The zero-order chi connectivity index (χ0) is 20.9. The molecule has 1 N–H and O–H groups in total. The Morgan fingerprint density at radius 3 is 2.52 bits per heavy atom. The average Bonchev–Trinajstić information content (AvgIpc) is 3.15. The molecule has 0 bridgehead atoms. The summed E-state index contributed by atoms with van der Waals surface area (Å²) in [4.78, 5) is 12.0. The van der Waals surface area contributed by atoms with Crippen molar-refractivity contribution in [2.75, 3.05) is 11.9 Å². The number of aryl methyl sites for hydroxylation is 1. The van der Waals surface area contributed by atoms with Crippen molar-refractivity contribution in [2.45, 2.75) is 25.9 Å². The van der Waals surface area contributed by atoms with Crippen LogP contribution in [-0.2, 0) is 17.4 Å². The van der Waals surface area contributed by atoms with Gasteiger partial charge in [0.2, 0.25) is 11.8 Å². The van der Waals surface area contributed by atoms with Crippen molar-refractivity contribution in [3.05, 3.63) is 60.0 Å². The van der Waals surface area contributed by atoms with Crippen LogP contribution in [0.1, 0.15) is 24.8 Å². The van der Waals surface area contributed by atoms with Crippen molar-refractivity contribution in [1.29, 1.82) is 0 Å². The van der Waals surface area contributed by atoms with Crippen LogP contribution < -0.4 is 10.1 Å². The Kier molecular flexibility index (Phi) is 6.16. The van der Waals surface area contributed by atoms with E-state index in [1.807, 2.05) is 6.92 Å². The van der Waals surface area contributed by atoms with Gasteiger partial charge in [0, 0.05) is 12.0 Å². The number of carbonyl (C=O) groups is 1. The lowest BCUT2D eigenvalue weighted by atomic mass is 10.1. The SMILES string of the molecule is CCCc1nnc(-c2ccc(OCC(=O)Nc3ccccc3C(F)(F)F)cc2)o1. The summed E-state index contributed by atoms with van der Waals surface area (Å²) < 4.78 is 49.8. The van der Waals surface area contributed by atoms with Crippen molar-refractivity contribution in [3.8, 4) is 17.2 Å². The van der Waals surface area contributed by atoms with Crippen LogP contribution in [0.15, 0.2) is 52.9 Å². The Morgan fingerprint density at radius 2 is 1.83 bits per heavy atom. The Balaban J connectivity index is 1.58. The number of nitrogens with zero attached hydrogens (tertiary/aromatic N) is 2. The van der Waals surface area contributed by atoms with E-state index in [1.165, 1.54) is 18.2 Å². The number of rotatable bonds is 7. The van der Waals surface area contributed by atoms with Gasteiger partial charge >= 0.3 is 6.18 Å². The van der Waals surface area contributed by atoms with E-state index in [0.29, 0.717) is 29.5 Å². The molecular formula is C20H18F3N3O3. The minimum Gasteiger partial charge on any atom is -0.484 e. The van der Waals surface area contributed by atoms with Crippen LogP contribution in [0.5, 0.6) is 5.75 Å². The van der Waals surface area contributed by atoms with E-state index in [9.17, 15) is 18.0 Å². The van der Waals surface area contributed by atoms with E-state index in [2.05, 4.69) is 15.5 Å². The summed E-state index contributed by atoms with van der Waals surface area (Å²) in [5, 5.41) is 10.1. The second-order valence-corrected chi connectivity index (χ2v) is 6.16. The smallest absolute Gasteiger partial charge is 0.418 e. The standard InChI is InChI=1S/C20H18F3N3O3/c1-2-5-18-25-26-19(29-18)13-8-10-14(11-9-13)28-12-17(27)24-16-7-4-3-6-15(16)20(21,22)23/h3-4,6-11H,2,5,12H2,1H3,(H,24,27). The second-order valence-electron chi connectivity index (χ2n) is 6.16. The average molecular weight is 405 g/mol. The molecule has 1 amide bonds. The molecule has 1 heterocycles. The number of amides is 1. The number of para-hydroxylation sites is 1. The molecule has 0 aliphatic heterocycles. The zero-order valence-electron chi connectivity index (χ0n) is 15.5. The summed E-state index contributed by atoms with van der Waals surface area (Å²) in [6, 6.07) is 11.3. The fourth-order valence-corrected chi connectivity index (χ4v) is 2.55. The van der Waals surface area contributed by atoms with Gasteiger partial charge < -0.3 is 14.5 Å². The summed E-state index contributed by atoms with van der Waals surface area (Å²) in [5.74, 6) is 0.605. The summed E-state index contributed by atoms with van der Waals surface area (Å²) in [6.07, 6.45) is -2.98. The topological polar surface area (TPSA) is 77.2 Å². The van der Waals surface area contributed by atoms with E-state index in [1.54, 1.807) is 24.3 Å². The summed E-state index contributed by atoms with van der Waals surface area (Å²) in [5.41, 5.74) is -0.543. The van der Waals surface area contributed by atoms with Crippen molar-refractivity contribution in [1.82, 2.24) is 10.2 Å². The van der Waals surface area contributed by atoms with E-state index in [-0.39, 0.29) is 5.69 Å². The molecular weight excluding hydrogens is 387 g/mol. The molecule has 0 spiro atoms. The maximum atomic E-state index is 13.0. The minimum atomic E-state index is -4.56. The van der Waals surface area contributed by atoms with Crippen molar-refractivity contribution >= 4 is 11.6 Å². The molecule has 0 aliphatic carbocycles. The molecule has 0 unspecified atom stereocenters. The van der Waals surface area contributed by atoms with Gasteiger partial charge in [-0.05, 0) is 42.8 Å². The van der Waals surface area contributed by atoms with Crippen LogP contribution in [0.4, 0.5) is 18.9 Å². The van der Waals surface area contributed by atoms with Crippen molar-refractivity contribution in [3.63, 3.8) is 0 Å². The lowest BCUT2D eigenvalue weighted by Gasteiger charge is -2.13. The summed E-state index contributed by atoms with van der Waals surface area (Å²) in [6.45, 7) is 1.57. The van der Waals surface area contributed by atoms with Gasteiger partial charge in [-0.3, -0.25) is 4.79 Å². The Morgan fingerprint density at radius 1 is 1.10 bits per heavy atom. The van der Waals surface area contributed by atoms with Gasteiger partial charge in [-0.15, -0.1) is 10.2 Å². The number of halogens is 3. The fraction of sp³-hybridized carbons (Fsp3) is 0.250. The fourth-order valence-electron chi connectivity index (χ4n) is 2.55. The molecule has 0 atom stereocenters. The van der Waals surface area contributed by atoms with Crippen LogP contribution in [0.2, 0.25) is 0 Å². The predicted molar refractivity (Wildman–Crippen MR) is 99.3 cm³/mol. The quantitative estimate of drug-likeness (QED) is 0.615. The summed E-state index contributed by atoms with van der Waals surface area (Å²) >= 11 is 0. The minimum absolute atomic E-state index is 0.316. The molecule has 0 saturated heterocycles. The van der Waals surface area contributed by atoms with E-state index in [4.69, 9.17) is 9.15 Å². The number of benzene rings is 2. The second kappa shape index (κ2) is 8.76. The van der Waals surface area contributed by atoms with Gasteiger partial charge in [-0.1, -0.05) is 19.1 Å². The Hall–Kier alpha value is -3.36. The highest BCUT2D eigenvalue weighted by Crippen LogP contribution is 2.34. The first-order valence-corrected chi connectivity index (χ1v) is 8.88. The maximum Gasteiger partial charge on any atom is 0.418 e. The molecule has 0 saturated carbocycles. The molecule has 0 radical (unpaired) electrons. The number of aromatic nitrogens is 2. The van der Waals surface area contributed by atoms with Gasteiger partial charge in [0.1, 0.15) is 5.75 Å². The van der Waals surface area contributed by atoms with Gasteiger partial charge in [-0.2, -0.15) is 13.2 Å². The lowest BCUT2D eigenvalue weighted by molar-refractivity contribution is -0.137. The third-order valence-electron chi connectivity index (χ3n) is 3.91. The van der Waals surface area contributed by atoms with Gasteiger partial charge in [0.05, 0.1) is 11.3 Å². The first kappa shape index (κ1) is 20.4. The molecule has 9 heteroatoms. The number of alkyl halides is 3. The molecule has 0 aliphatic rings. The molecule has 1 aromatic heterocycles. The van der Waals surface area contributed by atoms with Crippen LogP contribution in [0, 0.1) is 0 Å². The number of nitrogens with one attached hydrogen (secondary N) is 1.